The number of carboxylic acids is 1. The number of hydrogen-bond acceptors (Lipinski definition) is 8. The van der Waals surface area contributed by atoms with E-state index in [1.165, 1.54) is 20.6 Å². The molecule has 4 heterocycles. The number of nitrogens with one attached hydrogen (secondary N) is 2. The molecule has 0 unspecified atom stereocenters. The van der Waals surface area contributed by atoms with Gasteiger partial charge in [0.05, 0.1) is 34.9 Å². The molecule has 0 atom stereocenters. The van der Waals surface area contributed by atoms with E-state index in [2.05, 4.69) is 9.98 Å². The van der Waals surface area contributed by atoms with Gasteiger partial charge < -0.3 is 50.7 Å². The average Bonchev–Trinajstić information content (AvgIpc) is 3.27. The van der Waals surface area contributed by atoms with E-state index >= 15 is 17.6 Å². The van der Waals surface area contributed by atoms with Crippen LogP contribution in [0.2, 0.25) is 0 Å². The maximum absolute atomic E-state index is 15.9. The van der Waals surface area contributed by atoms with Crippen LogP contribution in [-0.2, 0) is 13.1 Å². The van der Waals surface area contributed by atoms with Crippen LogP contribution in [0, 0.1) is 34.1 Å². The van der Waals surface area contributed by atoms with Gasteiger partial charge in [-0.3, -0.25) is 20.0 Å². The Labute approximate surface area is 369 Å². The zero-order valence-electron chi connectivity index (χ0n) is 35.7. The fourth-order valence-electron chi connectivity index (χ4n) is 8.30. The first-order chi connectivity index (χ1) is 31.1. The zero-order valence-corrected chi connectivity index (χ0v) is 35.7. The van der Waals surface area contributed by atoms with Gasteiger partial charge in [0.25, 0.3) is 0 Å². The van der Waals surface area contributed by atoms with Gasteiger partial charge in [-0.25, -0.2) is 31.1 Å². The summed E-state index contributed by atoms with van der Waals surface area (Å²) in [6, 6.07) is 2.92. The third-order valence-electron chi connectivity index (χ3n) is 11.7. The van der Waals surface area contributed by atoms with Crippen molar-refractivity contribution >= 4 is 62.6 Å². The van der Waals surface area contributed by atoms with E-state index in [4.69, 9.17) is 22.3 Å². The maximum atomic E-state index is 15.9. The second kappa shape index (κ2) is 21.4. The van der Waals surface area contributed by atoms with Gasteiger partial charge in [0.1, 0.15) is 47.8 Å². The summed E-state index contributed by atoms with van der Waals surface area (Å²) in [5.74, 6) is -5.29. The molecule has 0 aliphatic carbocycles. The molecule has 2 aromatic heterocycles. The number of pyridine rings is 2. The summed E-state index contributed by atoms with van der Waals surface area (Å²) < 4.78 is 90.7. The highest BCUT2D eigenvalue weighted by molar-refractivity contribution is 6.01. The second-order valence-corrected chi connectivity index (χ2v) is 15.9. The van der Waals surface area contributed by atoms with Crippen molar-refractivity contribution in [3.63, 3.8) is 0 Å². The monoisotopic (exact) mass is 914 g/mol. The summed E-state index contributed by atoms with van der Waals surface area (Å²) in [5.41, 5.74) is 8.96. The number of halogens is 6. The minimum absolute atomic E-state index is 0.0322. The fourth-order valence-corrected chi connectivity index (χ4v) is 8.30. The molecule has 22 heteroatoms. The lowest BCUT2D eigenvalue weighted by molar-refractivity contribution is 0.0694. The predicted octanol–water partition coefficient (Wildman–Crippen LogP) is 4.81. The molecular weight excluding hydrogens is 863 g/mol. The molecule has 0 amide bonds. The number of aromatic carboxylic acids is 1. The molecule has 0 bridgehead atoms. The molecule has 2 saturated heterocycles. The molecule has 16 nitrogen and oxygen atoms in total. The lowest BCUT2D eigenvalue weighted by Crippen LogP contribution is -2.52. The van der Waals surface area contributed by atoms with Crippen LogP contribution in [0.4, 0.5) is 37.7 Å². The van der Waals surface area contributed by atoms with Gasteiger partial charge in [-0.05, 0) is 31.4 Å². The lowest BCUT2D eigenvalue weighted by atomic mass is 10.1. The van der Waals surface area contributed by atoms with Crippen molar-refractivity contribution in [1.29, 1.82) is 10.8 Å². The number of piperazine rings is 2. The van der Waals surface area contributed by atoms with E-state index in [-0.39, 0.29) is 86.6 Å². The van der Waals surface area contributed by atoms with Crippen molar-refractivity contribution in [2.75, 3.05) is 82.1 Å². The Balaban J connectivity index is 0.887. The molecule has 2 aliphatic rings. The van der Waals surface area contributed by atoms with Crippen molar-refractivity contribution in [2.24, 2.45) is 21.5 Å². The number of benzene rings is 2. The first-order valence-electron chi connectivity index (χ1n) is 21.3. The number of aliphatic imine (C=N–C) groups is 2. The molecular formula is C43H52F6N12O4. The Hall–Kier alpha value is -6.61. The van der Waals surface area contributed by atoms with Gasteiger partial charge in [0.2, 0.25) is 11.4 Å². The molecule has 2 aromatic carbocycles. The number of carboxylic acid groups (broad SMARTS) is 1. The van der Waals surface area contributed by atoms with E-state index in [1.54, 1.807) is 9.80 Å². The first kappa shape index (κ1) is 47.9. The van der Waals surface area contributed by atoms with Crippen LogP contribution in [0.25, 0.3) is 21.8 Å². The van der Waals surface area contributed by atoms with Crippen molar-refractivity contribution in [3.05, 3.63) is 79.9 Å². The maximum Gasteiger partial charge on any atom is 0.341 e. The van der Waals surface area contributed by atoms with Crippen LogP contribution in [-0.4, -0.2) is 126 Å². The topological polar surface area (TPSA) is 219 Å². The normalized spacial score (nSPS) is 15.1. The number of aromatic nitrogens is 2. The molecule has 7 N–H and O–H groups in total. The van der Waals surface area contributed by atoms with Crippen molar-refractivity contribution < 1.29 is 36.2 Å². The summed E-state index contributed by atoms with van der Waals surface area (Å²) in [5, 5.41) is 25.7. The Bertz CT molecular complexity index is 2620. The summed E-state index contributed by atoms with van der Waals surface area (Å²) >= 11 is 0. The Morgan fingerprint density at radius 2 is 1.28 bits per heavy atom. The Morgan fingerprint density at radius 1 is 0.738 bits per heavy atom. The average molecular weight is 915 g/mol. The second-order valence-electron chi connectivity index (χ2n) is 15.9. The SMILES string of the molecule is N=C(CCCCCCCN=C(N)N=C(N)N1CCN(c2c(F)cc3c(=O)c(C(=O)O)cn(CCF)c3c2F)CC1)CC(=N)N1CCN(c2c(F)cc3c(=O)ccn(CCF)c3c2F)CC1. The van der Waals surface area contributed by atoms with Crippen LogP contribution in [0.1, 0.15) is 55.3 Å². The standard InChI is InChI=1S/C43H52F6N12O4/c44-8-12-57-11-7-32(62)27-23-30(46)38(34(48)36(27)57)58-16-14-56(15-17-58)33(51)22-26(50)6-4-2-1-3-5-10-54-42(52)55-43(53)60-20-18-59(19-21-60)39-31(47)24-28-37(35(39)49)61(13-9-45)25-29(40(28)63)41(64)65/h7,11,23-25,50-51H,1-6,8-10,12-22H2,(H,64,65)(H4,52,53,54,55). The van der Waals surface area contributed by atoms with E-state index in [0.29, 0.717) is 31.8 Å². The van der Waals surface area contributed by atoms with Crippen LogP contribution in [0.3, 0.4) is 0 Å². The number of anilines is 2. The largest absolute Gasteiger partial charge is 0.477 e. The summed E-state index contributed by atoms with van der Waals surface area (Å²) in [6.07, 6.45) is 6.93. The number of alkyl halides is 2. The van der Waals surface area contributed by atoms with Crippen LogP contribution < -0.4 is 32.1 Å². The quantitative estimate of drug-likeness (QED) is 0.0422. The number of nitrogens with two attached hydrogens (primary N) is 2. The number of unbranched alkanes of at least 4 members (excludes halogenated alkanes) is 4. The van der Waals surface area contributed by atoms with Crippen molar-refractivity contribution in [2.45, 2.75) is 58.0 Å². The van der Waals surface area contributed by atoms with Crippen molar-refractivity contribution in [1.82, 2.24) is 18.9 Å². The van der Waals surface area contributed by atoms with E-state index in [0.717, 1.165) is 61.1 Å². The van der Waals surface area contributed by atoms with Crippen LogP contribution in [0.5, 0.6) is 0 Å². The Kier molecular flexibility index (Phi) is 15.7. The highest BCUT2D eigenvalue weighted by atomic mass is 19.2. The molecule has 65 heavy (non-hydrogen) atoms. The Morgan fingerprint density at radius 3 is 1.88 bits per heavy atom. The predicted molar refractivity (Wildman–Crippen MR) is 239 cm³/mol. The summed E-state index contributed by atoms with van der Waals surface area (Å²) in [7, 11) is 0. The lowest BCUT2D eigenvalue weighted by Gasteiger charge is -2.37. The highest BCUT2D eigenvalue weighted by Crippen LogP contribution is 2.32. The van der Waals surface area contributed by atoms with Crippen LogP contribution >= 0.6 is 0 Å². The van der Waals surface area contributed by atoms with Crippen molar-refractivity contribution in [3.8, 4) is 0 Å². The number of carbonyl (C=O) groups is 1. The van der Waals surface area contributed by atoms with E-state index < -0.39 is 82.1 Å². The van der Waals surface area contributed by atoms with Gasteiger partial charge in [-0.2, -0.15) is 4.99 Å². The third-order valence-corrected chi connectivity index (χ3v) is 11.7. The number of nitrogens with zero attached hydrogens (tertiary/aromatic N) is 8. The molecule has 2 aliphatic heterocycles. The van der Waals surface area contributed by atoms with Gasteiger partial charge in [-0.15, -0.1) is 0 Å². The number of amidine groups is 1. The minimum Gasteiger partial charge on any atom is -0.477 e. The minimum atomic E-state index is -1.60. The number of guanidine groups is 2. The van der Waals surface area contributed by atoms with Gasteiger partial charge >= 0.3 is 5.97 Å². The van der Waals surface area contributed by atoms with E-state index in [1.807, 2.05) is 0 Å². The molecule has 0 spiro atoms. The summed E-state index contributed by atoms with van der Waals surface area (Å²) in [4.78, 5) is 51.4. The molecule has 4 aromatic rings. The van der Waals surface area contributed by atoms with Crippen LogP contribution in [0.15, 0.2) is 50.2 Å². The molecule has 0 saturated carbocycles. The highest BCUT2D eigenvalue weighted by Gasteiger charge is 2.29. The third kappa shape index (κ3) is 10.8. The van der Waals surface area contributed by atoms with E-state index in [9.17, 15) is 28.3 Å². The molecule has 2 fully saturated rings. The smallest absolute Gasteiger partial charge is 0.341 e. The van der Waals surface area contributed by atoms with Gasteiger partial charge in [0, 0.05) is 89.5 Å². The van der Waals surface area contributed by atoms with Gasteiger partial charge in [-0.1, -0.05) is 19.3 Å². The van der Waals surface area contributed by atoms with Gasteiger partial charge in [0.15, 0.2) is 23.0 Å². The zero-order chi connectivity index (χ0) is 46.9. The number of aryl methyl sites for hydroxylation is 2. The number of fused-ring (bicyclic) bond motifs is 2. The number of rotatable bonds is 17. The fraction of sp³-hybridized carbons (Fsp3) is 0.465. The number of hydrogen-bond donors (Lipinski definition) is 5. The molecule has 6 rings (SSSR count). The first-order valence-corrected chi connectivity index (χ1v) is 21.3. The molecule has 350 valence electrons. The summed E-state index contributed by atoms with van der Waals surface area (Å²) in [6.45, 7) is -0.326. The molecule has 0 radical (unpaired) electrons.